The molecule has 0 unspecified atom stereocenters. The molecule has 0 atom stereocenters. The number of benzene rings is 1. The summed E-state index contributed by atoms with van der Waals surface area (Å²) in [4.78, 5) is 24.0. The highest BCUT2D eigenvalue weighted by Gasteiger charge is 2.31. The van der Waals surface area contributed by atoms with Crippen molar-refractivity contribution in [1.82, 2.24) is 4.90 Å². The van der Waals surface area contributed by atoms with E-state index in [1.165, 1.54) is 17.0 Å². The van der Waals surface area contributed by atoms with Gasteiger partial charge in [0.05, 0.1) is 11.1 Å². The first-order chi connectivity index (χ1) is 8.00. The van der Waals surface area contributed by atoms with E-state index in [1.54, 1.807) is 7.05 Å². The second-order valence-electron chi connectivity index (χ2n) is 4.15. The van der Waals surface area contributed by atoms with Crippen molar-refractivity contribution in [2.45, 2.75) is 18.9 Å². The predicted octanol–water partition coefficient (Wildman–Crippen LogP) is 1.76. The third-order valence-corrected chi connectivity index (χ3v) is 2.86. The average Bonchev–Trinajstić information content (AvgIpc) is 3.10. The van der Waals surface area contributed by atoms with Crippen LogP contribution in [0.15, 0.2) is 18.2 Å². The Morgan fingerprint density at radius 1 is 1.41 bits per heavy atom. The second-order valence-corrected chi connectivity index (χ2v) is 4.15. The molecule has 1 N–H and O–H groups in total. The maximum absolute atomic E-state index is 13.6. The molecule has 4 nitrogen and oxygen atoms in total. The first kappa shape index (κ1) is 11.6. The third-order valence-electron chi connectivity index (χ3n) is 2.86. The molecule has 1 fully saturated rings. The van der Waals surface area contributed by atoms with Gasteiger partial charge in [0.2, 0.25) is 0 Å². The normalized spacial score (nSPS) is 14.5. The highest BCUT2D eigenvalue weighted by Crippen LogP contribution is 2.27. The number of carboxylic acid groups (broad SMARTS) is 1. The zero-order valence-corrected chi connectivity index (χ0v) is 9.31. The van der Waals surface area contributed by atoms with Crippen LogP contribution in [-0.2, 0) is 0 Å². The summed E-state index contributed by atoms with van der Waals surface area (Å²) in [6.45, 7) is 0. The number of carbonyl (C=O) groups excluding carboxylic acids is 1. The summed E-state index contributed by atoms with van der Waals surface area (Å²) in [6.07, 6.45) is 1.88. The molecule has 1 aromatic carbocycles. The van der Waals surface area contributed by atoms with Crippen molar-refractivity contribution in [3.63, 3.8) is 0 Å². The molecule has 5 heteroatoms. The molecule has 17 heavy (non-hydrogen) atoms. The van der Waals surface area contributed by atoms with E-state index in [-0.39, 0.29) is 17.2 Å². The number of hydrogen-bond donors (Lipinski definition) is 1. The predicted molar refractivity (Wildman–Crippen MR) is 58.5 cm³/mol. The van der Waals surface area contributed by atoms with Gasteiger partial charge >= 0.3 is 5.97 Å². The first-order valence-electron chi connectivity index (χ1n) is 5.30. The van der Waals surface area contributed by atoms with Crippen molar-refractivity contribution >= 4 is 11.9 Å². The Labute approximate surface area is 97.7 Å². The zero-order valence-electron chi connectivity index (χ0n) is 9.31. The first-order valence-corrected chi connectivity index (χ1v) is 5.30. The number of halogens is 1. The van der Waals surface area contributed by atoms with E-state index in [0.717, 1.165) is 18.9 Å². The van der Waals surface area contributed by atoms with Crippen LogP contribution in [0.2, 0.25) is 0 Å². The lowest BCUT2D eigenvalue weighted by Gasteiger charge is -2.16. The van der Waals surface area contributed by atoms with Crippen LogP contribution in [-0.4, -0.2) is 35.0 Å². The summed E-state index contributed by atoms with van der Waals surface area (Å²) in [5.41, 5.74) is -0.238. The van der Waals surface area contributed by atoms with E-state index in [0.29, 0.717) is 0 Å². The molecule has 0 saturated heterocycles. The lowest BCUT2D eigenvalue weighted by molar-refractivity contribution is 0.0693. The Hall–Kier alpha value is -1.91. The summed E-state index contributed by atoms with van der Waals surface area (Å²) in [5, 5.41) is 8.68. The van der Waals surface area contributed by atoms with E-state index in [4.69, 9.17) is 5.11 Å². The maximum atomic E-state index is 13.6. The smallest absolute Gasteiger partial charge is 0.335 e. The maximum Gasteiger partial charge on any atom is 0.335 e. The van der Waals surface area contributed by atoms with Crippen LogP contribution < -0.4 is 0 Å². The van der Waals surface area contributed by atoms with Crippen LogP contribution in [0.5, 0.6) is 0 Å². The molecule has 0 radical (unpaired) electrons. The van der Waals surface area contributed by atoms with Gasteiger partial charge in [-0.05, 0) is 31.0 Å². The third kappa shape index (κ3) is 2.27. The minimum atomic E-state index is -1.21. The SMILES string of the molecule is CN(C(=O)c1ccc(C(=O)O)cc1F)C1CC1. The minimum Gasteiger partial charge on any atom is -0.478 e. The Morgan fingerprint density at radius 3 is 2.53 bits per heavy atom. The second kappa shape index (κ2) is 4.16. The van der Waals surface area contributed by atoms with Crippen molar-refractivity contribution < 1.29 is 19.1 Å². The summed E-state index contributed by atoms with van der Waals surface area (Å²) in [6, 6.07) is 3.52. The molecule has 1 aliphatic rings. The molecule has 0 spiro atoms. The quantitative estimate of drug-likeness (QED) is 0.871. The van der Waals surface area contributed by atoms with Crippen LogP contribution >= 0.6 is 0 Å². The van der Waals surface area contributed by atoms with E-state index < -0.39 is 17.7 Å². The van der Waals surface area contributed by atoms with Gasteiger partial charge in [-0.25, -0.2) is 9.18 Å². The molecule has 1 saturated carbocycles. The molecule has 2 rings (SSSR count). The summed E-state index contributed by atoms with van der Waals surface area (Å²) < 4.78 is 13.6. The Bertz CT molecular complexity index is 483. The number of nitrogens with zero attached hydrogens (tertiary/aromatic N) is 1. The van der Waals surface area contributed by atoms with Gasteiger partial charge < -0.3 is 10.0 Å². The van der Waals surface area contributed by atoms with E-state index in [9.17, 15) is 14.0 Å². The molecular weight excluding hydrogens is 225 g/mol. The highest BCUT2D eigenvalue weighted by molar-refractivity contribution is 5.96. The molecule has 1 aromatic rings. The van der Waals surface area contributed by atoms with Gasteiger partial charge in [0, 0.05) is 13.1 Å². The van der Waals surface area contributed by atoms with Crippen LogP contribution in [0.4, 0.5) is 4.39 Å². The van der Waals surface area contributed by atoms with Gasteiger partial charge in [-0.3, -0.25) is 4.79 Å². The van der Waals surface area contributed by atoms with Gasteiger partial charge in [-0.1, -0.05) is 0 Å². The summed E-state index contributed by atoms with van der Waals surface area (Å²) >= 11 is 0. The fraction of sp³-hybridized carbons (Fsp3) is 0.333. The summed E-state index contributed by atoms with van der Waals surface area (Å²) in [5.74, 6) is -2.40. The number of hydrogen-bond acceptors (Lipinski definition) is 2. The van der Waals surface area contributed by atoms with Crippen molar-refractivity contribution in [2.75, 3.05) is 7.05 Å². The van der Waals surface area contributed by atoms with E-state index in [1.807, 2.05) is 0 Å². The average molecular weight is 237 g/mol. The van der Waals surface area contributed by atoms with Crippen molar-refractivity contribution in [1.29, 1.82) is 0 Å². The zero-order chi connectivity index (χ0) is 12.6. The number of amides is 1. The number of aromatic carboxylic acids is 1. The van der Waals surface area contributed by atoms with Crippen LogP contribution in [0.3, 0.4) is 0 Å². The topological polar surface area (TPSA) is 57.6 Å². The Kier molecular flexibility index (Phi) is 2.83. The molecule has 0 heterocycles. The standard InChI is InChI=1S/C12H12FNO3/c1-14(8-3-4-8)11(15)9-5-2-7(12(16)17)6-10(9)13/h2,5-6,8H,3-4H2,1H3,(H,16,17). The molecule has 1 amide bonds. The Morgan fingerprint density at radius 2 is 2.06 bits per heavy atom. The summed E-state index contributed by atoms with van der Waals surface area (Å²) in [7, 11) is 1.63. The highest BCUT2D eigenvalue weighted by atomic mass is 19.1. The van der Waals surface area contributed by atoms with Crippen LogP contribution in [0.1, 0.15) is 33.6 Å². The van der Waals surface area contributed by atoms with Crippen LogP contribution in [0, 0.1) is 5.82 Å². The molecule has 1 aliphatic carbocycles. The van der Waals surface area contributed by atoms with Crippen molar-refractivity contribution in [3.05, 3.63) is 35.1 Å². The van der Waals surface area contributed by atoms with E-state index >= 15 is 0 Å². The van der Waals surface area contributed by atoms with Crippen molar-refractivity contribution in [2.24, 2.45) is 0 Å². The van der Waals surface area contributed by atoms with Gasteiger partial charge in [-0.2, -0.15) is 0 Å². The number of rotatable bonds is 3. The molecule has 0 aromatic heterocycles. The van der Waals surface area contributed by atoms with E-state index in [2.05, 4.69) is 0 Å². The molecule has 0 aliphatic heterocycles. The van der Waals surface area contributed by atoms with Crippen molar-refractivity contribution in [3.8, 4) is 0 Å². The van der Waals surface area contributed by atoms with Gasteiger partial charge in [-0.15, -0.1) is 0 Å². The largest absolute Gasteiger partial charge is 0.478 e. The van der Waals surface area contributed by atoms with Gasteiger partial charge in [0.15, 0.2) is 0 Å². The fourth-order valence-electron chi connectivity index (χ4n) is 1.64. The Balaban J connectivity index is 2.26. The molecule has 90 valence electrons. The molecular formula is C12H12FNO3. The fourth-order valence-corrected chi connectivity index (χ4v) is 1.64. The van der Waals surface area contributed by atoms with Gasteiger partial charge in [0.1, 0.15) is 5.82 Å². The number of carbonyl (C=O) groups is 2. The van der Waals surface area contributed by atoms with Crippen LogP contribution in [0.25, 0.3) is 0 Å². The number of carboxylic acids is 1. The molecule has 0 bridgehead atoms. The van der Waals surface area contributed by atoms with Gasteiger partial charge in [0.25, 0.3) is 5.91 Å². The monoisotopic (exact) mass is 237 g/mol. The lowest BCUT2D eigenvalue weighted by Crippen LogP contribution is -2.29. The minimum absolute atomic E-state index is 0.0793. The lowest BCUT2D eigenvalue weighted by atomic mass is 10.1.